The van der Waals surface area contributed by atoms with Crippen molar-refractivity contribution in [2.45, 2.75) is 13.0 Å². The van der Waals surface area contributed by atoms with Crippen LogP contribution < -0.4 is 14.8 Å². The highest BCUT2D eigenvalue weighted by Gasteiger charge is 2.15. The van der Waals surface area contributed by atoms with E-state index < -0.39 is 11.9 Å². The third kappa shape index (κ3) is 7.32. The minimum atomic E-state index is -0.590. The summed E-state index contributed by atoms with van der Waals surface area (Å²) in [6.45, 7) is 4.16. The number of amides is 1. The first kappa shape index (κ1) is 27.2. The summed E-state index contributed by atoms with van der Waals surface area (Å²) in [4.78, 5) is 24.4. The number of allylic oxidation sites excluding steroid dienone is 1. The molecule has 3 aromatic carbocycles. The summed E-state index contributed by atoms with van der Waals surface area (Å²) in [5, 5.41) is 12.3. The first-order valence-electron chi connectivity index (χ1n) is 11.2. The van der Waals surface area contributed by atoms with Crippen molar-refractivity contribution in [1.29, 1.82) is 5.26 Å². The molecule has 3 aromatic rings. The molecular formula is C29H25BrN2O5. The molecule has 0 saturated carbocycles. The molecule has 0 unspecified atom stereocenters. The molecule has 0 aliphatic rings. The van der Waals surface area contributed by atoms with E-state index in [1.54, 1.807) is 24.3 Å². The van der Waals surface area contributed by atoms with Gasteiger partial charge in [-0.15, -0.1) is 6.58 Å². The Labute approximate surface area is 224 Å². The molecule has 3 rings (SSSR count). The van der Waals surface area contributed by atoms with Crippen LogP contribution >= 0.6 is 15.9 Å². The summed E-state index contributed by atoms with van der Waals surface area (Å²) >= 11 is 3.42. The Kier molecular flexibility index (Phi) is 9.64. The van der Waals surface area contributed by atoms with Crippen LogP contribution in [0.1, 0.15) is 27.0 Å². The Morgan fingerprint density at radius 1 is 1.08 bits per heavy atom. The second-order valence-corrected chi connectivity index (χ2v) is 8.73. The number of hydrogen-bond acceptors (Lipinski definition) is 6. The SMILES string of the molecule is C=CCc1cc(/C=C(\C#N)C(=O)Nc2ccc(C(=O)OC)cc2)cc(OC)c1OCc1ccc(Br)cc1. The fraction of sp³-hybridized carbons (Fsp3) is 0.138. The lowest BCUT2D eigenvalue weighted by atomic mass is 10.0. The molecule has 1 amide bonds. The van der Waals surface area contributed by atoms with E-state index in [1.165, 1.54) is 32.4 Å². The van der Waals surface area contributed by atoms with Gasteiger partial charge in [-0.1, -0.05) is 34.1 Å². The molecule has 0 heterocycles. The number of carbonyl (C=O) groups excluding carboxylic acids is 2. The summed E-state index contributed by atoms with van der Waals surface area (Å²) in [6, 6.07) is 19.4. The number of methoxy groups -OCH3 is 2. The van der Waals surface area contributed by atoms with Crippen LogP contribution in [0.25, 0.3) is 6.08 Å². The molecule has 37 heavy (non-hydrogen) atoms. The van der Waals surface area contributed by atoms with Crippen molar-refractivity contribution < 1.29 is 23.8 Å². The summed E-state index contributed by atoms with van der Waals surface area (Å²) in [7, 11) is 2.82. The van der Waals surface area contributed by atoms with Gasteiger partial charge in [0.25, 0.3) is 5.91 Å². The van der Waals surface area contributed by atoms with Gasteiger partial charge < -0.3 is 19.5 Å². The number of anilines is 1. The smallest absolute Gasteiger partial charge is 0.337 e. The summed E-state index contributed by atoms with van der Waals surface area (Å²) in [5.74, 6) is -0.0351. The zero-order valence-corrected chi connectivity index (χ0v) is 22.0. The van der Waals surface area contributed by atoms with Crippen molar-refractivity contribution in [1.82, 2.24) is 0 Å². The highest BCUT2D eigenvalue weighted by molar-refractivity contribution is 9.10. The molecule has 0 bridgehead atoms. The fourth-order valence-corrected chi connectivity index (χ4v) is 3.71. The Bertz CT molecular complexity index is 1360. The molecule has 0 spiro atoms. The van der Waals surface area contributed by atoms with Crippen LogP contribution in [-0.2, 0) is 22.6 Å². The fourth-order valence-electron chi connectivity index (χ4n) is 3.45. The van der Waals surface area contributed by atoms with Crippen molar-refractivity contribution >= 4 is 39.6 Å². The van der Waals surface area contributed by atoms with E-state index >= 15 is 0 Å². The van der Waals surface area contributed by atoms with Crippen LogP contribution in [0, 0.1) is 11.3 Å². The number of nitrogens with one attached hydrogen (secondary N) is 1. The molecule has 1 N–H and O–H groups in total. The van der Waals surface area contributed by atoms with E-state index in [2.05, 4.69) is 32.6 Å². The Hall–Kier alpha value is -4.35. The maximum absolute atomic E-state index is 12.8. The quantitative estimate of drug-likeness (QED) is 0.139. The predicted molar refractivity (Wildman–Crippen MR) is 145 cm³/mol. The third-order valence-corrected chi connectivity index (χ3v) is 5.80. The van der Waals surface area contributed by atoms with E-state index in [0.29, 0.717) is 41.3 Å². The number of nitriles is 1. The zero-order valence-electron chi connectivity index (χ0n) is 20.4. The number of benzene rings is 3. The van der Waals surface area contributed by atoms with Gasteiger partial charge in [-0.05, 0) is 72.2 Å². The van der Waals surface area contributed by atoms with Crippen LogP contribution in [0.4, 0.5) is 5.69 Å². The van der Waals surface area contributed by atoms with E-state index in [4.69, 9.17) is 9.47 Å². The lowest BCUT2D eigenvalue weighted by Gasteiger charge is -2.16. The van der Waals surface area contributed by atoms with Crippen molar-refractivity contribution in [2.75, 3.05) is 19.5 Å². The van der Waals surface area contributed by atoms with Gasteiger partial charge in [0.15, 0.2) is 11.5 Å². The number of halogens is 1. The maximum atomic E-state index is 12.8. The summed E-state index contributed by atoms with van der Waals surface area (Å²) in [6.07, 6.45) is 3.71. The Morgan fingerprint density at radius 3 is 2.38 bits per heavy atom. The normalized spacial score (nSPS) is 10.7. The number of esters is 1. The van der Waals surface area contributed by atoms with Crippen molar-refractivity contribution in [3.05, 3.63) is 106 Å². The van der Waals surface area contributed by atoms with Gasteiger partial charge in [0.05, 0.1) is 19.8 Å². The predicted octanol–water partition coefficient (Wildman–Crippen LogP) is 6.10. The van der Waals surface area contributed by atoms with Crippen molar-refractivity contribution in [2.24, 2.45) is 0 Å². The molecule has 0 atom stereocenters. The molecule has 8 heteroatoms. The zero-order chi connectivity index (χ0) is 26.8. The second kappa shape index (κ2) is 13.1. The number of rotatable bonds is 10. The topological polar surface area (TPSA) is 97.7 Å². The van der Waals surface area contributed by atoms with Gasteiger partial charge in [0.1, 0.15) is 18.2 Å². The van der Waals surface area contributed by atoms with Gasteiger partial charge in [0, 0.05) is 15.7 Å². The van der Waals surface area contributed by atoms with Crippen LogP contribution in [0.15, 0.2) is 83.4 Å². The maximum Gasteiger partial charge on any atom is 0.337 e. The first-order valence-corrected chi connectivity index (χ1v) is 12.0. The highest BCUT2D eigenvalue weighted by atomic mass is 79.9. The van der Waals surface area contributed by atoms with E-state index in [9.17, 15) is 14.9 Å². The number of carbonyl (C=O) groups is 2. The van der Waals surface area contributed by atoms with Crippen LogP contribution in [-0.4, -0.2) is 26.1 Å². The molecule has 0 aromatic heterocycles. The van der Waals surface area contributed by atoms with Crippen LogP contribution in [0.5, 0.6) is 11.5 Å². The first-order chi connectivity index (χ1) is 17.9. The largest absolute Gasteiger partial charge is 0.493 e. The van der Waals surface area contributed by atoms with E-state index in [-0.39, 0.29) is 5.57 Å². The lowest BCUT2D eigenvalue weighted by Crippen LogP contribution is -2.13. The molecule has 0 saturated heterocycles. The van der Waals surface area contributed by atoms with E-state index in [1.807, 2.05) is 36.4 Å². The summed E-state index contributed by atoms with van der Waals surface area (Å²) < 4.78 is 17.3. The standard InChI is InChI=1S/C29H25BrN2O5/c1-4-5-22-14-20(16-26(35-2)27(22)37-18-19-6-10-24(30)11-7-19)15-23(17-31)28(33)32-25-12-8-21(9-13-25)29(34)36-3/h4,6-16H,1,5,18H2,2-3H3,(H,32,33)/b23-15+. The minimum absolute atomic E-state index is 0.104. The Balaban J connectivity index is 1.85. The van der Waals surface area contributed by atoms with Gasteiger partial charge >= 0.3 is 5.97 Å². The molecule has 0 aliphatic carbocycles. The molecule has 0 radical (unpaired) electrons. The summed E-state index contributed by atoms with van der Waals surface area (Å²) in [5.41, 5.74) is 3.06. The Morgan fingerprint density at radius 2 is 1.78 bits per heavy atom. The molecule has 7 nitrogen and oxygen atoms in total. The number of ether oxygens (including phenoxy) is 3. The monoisotopic (exact) mass is 560 g/mol. The molecular weight excluding hydrogens is 536 g/mol. The minimum Gasteiger partial charge on any atom is -0.493 e. The number of nitrogens with zero attached hydrogens (tertiary/aromatic N) is 1. The average Bonchev–Trinajstić information content (AvgIpc) is 2.91. The van der Waals surface area contributed by atoms with Gasteiger partial charge in [-0.3, -0.25) is 4.79 Å². The van der Waals surface area contributed by atoms with Crippen LogP contribution in [0.3, 0.4) is 0 Å². The van der Waals surface area contributed by atoms with Gasteiger partial charge in [0.2, 0.25) is 0 Å². The number of hydrogen-bond donors (Lipinski definition) is 1. The van der Waals surface area contributed by atoms with E-state index in [0.717, 1.165) is 15.6 Å². The van der Waals surface area contributed by atoms with Crippen LogP contribution in [0.2, 0.25) is 0 Å². The highest BCUT2D eigenvalue weighted by Crippen LogP contribution is 2.35. The third-order valence-electron chi connectivity index (χ3n) is 5.27. The average molecular weight is 561 g/mol. The van der Waals surface area contributed by atoms with Gasteiger partial charge in [-0.2, -0.15) is 5.26 Å². The molecule has 188 valence electrons. The molecule has 0 aliphatic heterocycles. The lowest BCUT2D eigenvalue weighted by molar-refractivity contribution is -0.112. The van der Waals surface area contributed by atoms with Crippen molar-refractivity contribution in [3.63, 3.8) is 0 Å². The second-order valence-electron chi connectivity index (χ2n) is 7.81. The van der Waals surface area contributed by atoms with Crippen molar-refractivity contribution in [3.8, 4) is 17.6 Å². The van der Waals surface area contributed by atoms with Gasteiger partial charge in [-0.25, -0.2) is 4.79 Å². The molecule has 0 fully saturated rings.